The summed E-state index contributed by atoms with van der Waals surface area (Å²) in [4.78, 5) is 0. The van der Waals surface area contributed by atoms with E-state index in [1.54, 1.807) is 0 Å². The number of nitrogens with zero attached hydrogens (tertiary/aromatic N) is 2. The first-order chi connectivity index (χ1) is 9.81. The van der Waals surface area contributed by atoms with Gasteiger partial charge in [0.1, 0.15) is 11.8 Å². The molecule has 1 unspecified atom stereocenters. The summed E-state index contributed by atoms with van der Waals surface area (Å²) in [5.41, 5.74) is 2.21. The van der Waals surface area contributed by atoms with Gasteiger partial charge in [0.15, 0.2) is 0 Å². The molecule has 0 spiro atoms. The Morgan fingerprint density at radius 3 is 3.00 bits per heavy atom. The predicted octanol–water partition coefficient (Wildman–Crippen LogP) is 2.92. The fourth-order valence-corrected chi connectivity index (χ4v) is 2.77. The van der Waals surface area contributed by atoms with Gasteiger partial charge in [-0.1, -0.05) is 25.1 Å². The lowest BCUT2D eigenvalue weighted by Gasteiger charge is -2.23. The van der Waals surface area contributed by atoms with E-state index >= 15 is 0 Å². The summed E-state index contributed by atoms with van der Waals surface area (Å²) >= 11 is 0. The van der Waals surface area contributed by atoms with Gasteiger partial charge in [0.2, 0.25) is 0 Å². The Kier molecular flexibility index (Phi) is 3.74. The van der Waals surface area contributed by atoms with Crippen LogP contribution in [0.15, 0.2) is 36.1 Å². The van der Waals surface area contributed by atoms with E-state index in [4.69, 9.17) is 9.84 Å². The highest BCUT2D eigenvalue weighted by Gasteiger charge is 2.24. The van der Waals surface area contributed by atoms with Crippen molar-refractivity contribution in [2.24, 2.45) is 7.05 Å². The number of rotatable bonds is 4. The minimum atomic E-state index is 0.0476. The summed E-state index contributed by atoms with van der Waals surface area (Å²) < 4.78 is 7.80. The zero-order chi connectivity index (χ0) is 13.9. The quantitative estimate of drug-likeness (QED) is 0.929. The standard InChI is InChI=1S/C16H21N3O/c1-3-17-16(14-10-6-7-11-20-14)15-12-8-4-5-9-13(12)19(2)18-15/h4-5,8-10,16-17H,3,6-7,11H2,1-2H3. The number of ether oxygens (including phenoxy) is 1. The molecule has 20 heavy (non-hydrogen) atoms. The van der Waals surface area contributed by atoms with Crippen LogP contribution in [0.25, 0.3) is 10.9 Å². The zero-order valence-electron chi connectivity index (χ0n) is 12.1. The van der Waals surface area contributed by atoms with Crippen LogP contribution in [0.1, 0.15) is 31.5 Å². The van der Waals surface area contributed by atoms with Crippen LogP contribution >= 0.6 is 0 Å². The Morgan fingerprint density at radius 1 is 1.40 bits per heavy atom. The number of allylic oxidation sites excluding steroid dienone is 1. The number of aromatic nitrogens is 2. The van der Waals surface area contributed by atoms with Crippen LogP contribution in [0.3, 0.4) is 0 Å². The molecule has 1 aromatic carbocycles. The smallest absolute Gasteiger partial charge is 0.115 e. The van der Waals surface area contributed by atoms with Crippen molar-refractivity contribution < 1.29 is 4.74 Å². The number of benzene rings is 1. The van der Waals surface area contributed by atoms with Gasteiger partial charge in [0.05, 0.1) is 17.8 Å². The number of hydrogen-bond donors (Lipinski definition) is 1. The van der Waals surface area contributed by atoms with Crippen LogP contribution in [0, 0.1) is 0 Å². The van der Waals surface area contributed by atoms with Gasteiger partial charge in [-0.3, -0.25) is 4.68 Å². The Bertz CT molecular complexity index is 630. The molecule has 2 aromatic rings. The maximum absolute atomic E-state index is 5.85. The summed E-state index contributed by atoms with van der Waals surface area (Å²) in [6.45, 7) is 3.80. The summed E-state index contributed by atoms with van der Waals surface area (Å²) in [6.07, 6.45) is 4.38. The second-order valence-corrected chi connectivity index (χ2v) is 5.11. The van der Waals surface area contributed by atoms with Gasteiger partial charge in [0.25, 0.3) is 0 Å². The average molecular weight is 271 g/mol. The van der Waals surface area contributed by atoms with Crippen LogP contribution in [-0.2, 0) is 11.8 Å². The number of fused-ring (bicyclic) bond motifs is 1. The van der Waals surface area contributed by atoms with Gasteiger partial charge in [0, 0.05) is 12.4 Å². The molecule has 1 aliphatic heterocycles. The van der Waals surface area contributed by atoms with Crippen molar-refractivity contribution >= 4 is 10.9 Å². The molecular weight excluding hydrogens is 250 g/mol. The van der Waals surface area contributed by atoms with Crippen LogP contribution in [0.4, 0.5) is 0 Å². The van der Waals surface area contributed by atoms with E-state index in [-0.39, 0.29) is 6.04 Å². The molecule has 1 atom stereocenters. The van der Waals surface area contributed by atoms with Gasteiger partial charge in [-0.15, -0.1) is 0 Å². The van der Waals surface area contributed by atoms with Gasteiger partial charge in [-0.2, -0.15) is 5.10 Å². The Balaban J connectivity index is 2.07. The van der Waals surface area contributed by atoms with Crippen molar-refractivity contribution in [3.63, 3.8) is 0 Å². The molecule has 2 heterocycles. The molecule has 0 aliphatic carbocycles. The highest BCUT2D eigenvalue weighted by Crippen LogP contribution is 2.30. The number of likely N-dealkylation sites (N-methyl/N-ethyl adjacent to an activating group) is 1. The summed E-state index contributed by atoms with van der Waals surface area (Å²) in [7, 11) is 1.99. The third-order valence-corrected chi connectivity index (χ3v) is 3.72. The minimum Gasteiger partial charge on any atom is -0.496 e. The fourth-order valence-electron chi connectivity index (χ4n) is 2.77. The molecule has 3 rings (SSSR count). The number of nitrogens with one attached hydrogen (secondary N) is 1. The molecule has 1 aliphatic rings. The van der Waals surface area contributed by atoms with Gasteiger partial charge >= 0.3 is 0 Å². The second kappa shape index (κ2) is 5.67. The Morgan fingerprint density at radius 2 is 2.25 bits per heavy atom. The Hall–Kier alpha value is -1.81. The van der Waals surface area contributed by atoms with Crippen molar-refractivity contribution in [3.8, 4) is 0 Å². The molecule has 0 fully saturated rings. The van der Waals surface area contributed by atoms with Crippen LogP contribution in [0.5, 0.6) is 0 Å². The SMILES string of the molecule is CCNC(C1=CCCCO1)c1nn(C)c2ccccc12. The lowest BCUT2D eigenvalue weighted by molar-refractivity contribution is 0.167. The zero-order valence-corrected chi connectivity index (χ0v) is 12.1. The van der Waals surface area contributed by atoms with E-state index in [0.29, 0.717) is 0 Å². The minimum absolute atomic E-state index is 0.0476. The average Bonchev–Trinajstić information content (AvgIpc) is 2.83. The molecular formula is C16H21N3O. The lowest BCUT2D eigenvalue weighted by atomic mass is 10.0. The molecule has 1 aromatic heterocycles. The highest BCUT2D eigenvalue weighted by molar-refractivity contribution is 5.82. The topological polar surface area (TPSA) is 39.1 Å². The second-order valence-electron chi connectivity index (χ2n) is 5.11. The van der Waals surface area contributed by atoms with Gasteiger partial charge < -0.3 is 10.1 Å². The van der Waals surface area contributed by atoms with Gasteiger partial charge in [-0.25, -0.2) is 0 Å². The van der Waals surface area contributed by atoms with Crippen molar-refractivity contribution in [1.29, 1.82) is 0 Å². The summed E-state index contributed by atoms with van der Waals surface area (Å²) in [5.74, 6) is 1.02. The van der Waals surface area contributed by atoms with Crippen molar-refractivity contribution in [1.82, 2.24) is 15.1 Å². The lowest BCUT2D eigenvalue weighted by Crippen LogP contribution is -2.26. The Labute approximate surface area is 119 Å². The summed E-state index contributed by atoms with van der Waals surface area (Å²) in [6, 6.07) is 8.39. The molecule has 0 bridgehead atoms. The van der Waals surface area contributed by atoms with Gasteiger partial charge in [-0.05, 0) is 31.5 Å². The third-order valence-electron chi connectivity index (χ3n) is 3.72. The maximum atomic E-state index is 5.85. The van der Waals surface area contributed by atoms with E-state index in [2.05, 4.69) is 36.5 Å². The first-order valence-corrected chi connectivity index (χ1v) is 7.29. The van der Waals surface area contributed by atoms with Crippen LogP contribution in [0.2, 0.25) is 0 Å². The molecule has 1 N–H and O–H groups in total. The van der Waals surface area contributed by atoms with Crippen molar-refractivity contribution in [2.45, 2.75) is 25.8 Å². The van der Waals surface area contributed by atoms with E-state index < -0.39 is 0 Å². The molecule has 0 saturated carbocycles. The highest BCUT2D eigenvalue weighted by atomic mass is 16.5. The third kappa shape index (κ3) is 2.31. The van der Waals surface area contributed by atoms with E-state index in [1.165, 1.54) is 5.39 Å². The number of aryl methyl sites for hydroxylation is 1. The van der Waals surface area contributed by atoms with Crippen LogP contribution in [-0.4, -0.2) is 22.9 Å². The normalized spacial score (nSPS) is 16.8. The molecule has 4 nitrogen and oxygen atoms in total. The molecule has 0 amide bonds. The fraction of sp³-hybridized carbons (Fsp3) is 0.438. The monoisotopic (exact) mass is 271 g/mol. The van der Waals surface area contributed by atoms with E-state index in [1.807, 2.05) is 17.8 Å². The predicted molar refractivity (Wildman–Crippen MR) is 80.4 cm³/mol. The van der Waals surface area contributed by atoms with Crippen LogP contribution < -0.4 is 5.32 Å². The number of para-hydroxylation sites is 1. The molecule has 4 heteroatoms. The maximum Gasteiger partial charge on any atom is 0.115 e. The van der Waals surface area contributed by atoms with E-state index in [9.17, 15) is 0 Å². The number of hydrogen-bond acceptors (Lipinski definition) is 3. The first-order valence-electron chi connectivity index (χ1n) is 7.29. The van der Waals surface area contributed by atoms with Crippen molar-refractivity contribution in [2.75, 3.05) is 13.2 Å². The largest absolute Gasteiger partial charge is 0.496 e. The van der Waals surface area contributed by atoms with Crippen molar-refractivity contribution in [3.05, 3.63) is 41.8 Å². The van der Waals surface area contributed by atoms with E-state index in [0.717, 1.165) is 43.0 Å². The molecule has 106 valence electrons. The first kappa shape index (κ1) is 13.2. The summed E-state index contributed by atoms with van der Waals surface area (Å²) in [5, 5.41) is 9.41. The molecule has 0 saturated heterocycles. The molecule has 0 radical (unpaired) electrons.